The number of fused-ring (bicyclic) bond motifs is 17. The van der Waals surface area contributed by atoms with Crippen molar-refractivity contribution in [2.24, 2.45) is 0 Å². The van der Waals surface area contributed by atoms with Gasteiger partial charge in [0.05, 0.1) is 34.2 Å². The number of rotatable bonds is 10. The van der Waals surface area contributed by atoms with Crippen molar-refractivity contribution in [2.75, 3.05) is 0 Å². The summed E-state index contributed by atoms with van der Waals surface area (Å²) in [5, 5.41) is 12.3. The molecule has 0 fully saturated rings. The second kappa shape index (κ2) is 30.6. The molecule has 0 radical (unpaired) electrons. The molecule has 0 amide bonds. The summed E-state index contributed by atoms with van der Waals surface area (Å²) in [6, 6.07) is 147. The molecular weight excluding hydrogens is 1510 g/mol. The van der Waals surface area contributed by atoms with Crippen molar-refractivity contribution >= 4 is 53.9 Å². The lowest BCUT2D eigenvalue weighted by Gasteiger charge is -2.23. The molecule has 0 spiro atoms. The fraction of sp³-hybridized carbons (Fsp3) is 0.0756. The second-order valence-corrected chi connectivity index (χ2v) is 34.8. The van der Waals surface area contributed by atoms with Gasteiger partial charge in [0.25, 0.3) is 0 Å². The van der Waals surface area contributed by atoms with Gasteiger partial charge in [-0.3, -0.25) is 0 Å². The zero-order chi connectivity index (χ0) is 84.1. The molecule has 0 bridgehead atoms. The van der Waals surface area contributed by atoms with Gasteiger partial charge in [-0.05, 0) is 168 Å². The van der Waals surface area contributed by atoms with E-state index in [-0.39, 0.29) is 16.2 Å². The summed E-state index contributed by atoms with van der Waals surface area (Å²) in [7, 11) is 0. The highest BCUT2D eigenvalue weighted by Gasteiger charge is 2.40. The van der Waals surface area contributed by atoms with Gasteiger partial charge in [0.2, 0.25) is 0 Å². The van der Waals surface area contributed by atoms with Crippen LogP contribution in [0.15, 0.2) is 413 Å². The van der Waals surface area contributed by atoms with Crippen LogP contribution >= 0.6 is 0 Å². The molecule has 3 aliphatic rings. The predicted molar refractivity (Wildman–Crippen MR) is 521 cm³/mol. The van der Waals surface area contributed by atoms with Crippen molar-refractivity contribution in [2.45, 2.75) is 57.8 Å². The van der Waals surface area contributed by atoms with Crippen LogP contribution in [0, 0.1) is 0 Å². The van der Waals surface area contributed by atoms with E-state index in [2.05, 4.69) is 418 Å². The van der Waals surface area contributed by atoms with E-state index in [1.54, 1.807) is 0 Å². The highest BCUT2D eigenvalue weighted by Crippen LogP contribution is 2.55. The molecule has 6 heteroatoms. The van der Waals surface area contributed by atoms with Gasteiger partial charge in [-0.25, -0.2) is 29.9 Å². The Morgan fingerprint density at radius 3 is 1.04 bits per heavy atom. The minimum absolute atomic E-state index is 0.0573. The van der Waals surface area contributed by atoms with Gasteiger partial charge in [0, 0.05) is 66.3 Å². The number of aromatic nitrogens is 6. The molecule has 592 valence electrons. The molecule has 0 unspecified atom stereocenters. The summed E-state index contributed by atoms with van der Waals surface area (Å²) >= 11 is 0. The zero-order valence-corrected chi connectivity index (χ0v) is 70.4. The topological polar surface area (TPSA) is 77.3 Å². The SMILES string of the molecule is CC1(C)c2ccccc2-c2ccc3c(-c4cc(-c5ccc6ccccc6c5)nc(-c5ccccc5)n4)cccc3c21.CC1(C)c2ccccc2-c2ccc3cc(-c4nc(-c5ccccc5)cc(-c5cccc6ccccc56)n4)ccc3c21.CC1(C)c2ccccc2-c2ccc3ccc(-c4nc(-c5ccccc5)cc(-c5ccc(-c6ccccc6)cc5)n4)cc3c21. The second-order valence-electron chi connectivity index (χ2n) is 34.8. The fourth-order valence-corrected chi connectivity index (χ4v) is 20.1. The molecule has 0 aliphatic heterocycles. The van der Waals surface area contributed by atoms with E-state index < -0.39 is 0 Å². The molecule has 0 saturated heterocycles. The summed E-state index contributed by atoms with van der Waals surface area (Å²) < 4.78 is 0. The number of nitrogens with zero attached hydrogens (tertiary/aromatic N) is 6. The van der Waals surface area contributed by atoms with Crippen LogP contribution in [0.4, 0.5) is 0 Å². The first-order chi connectivity index (χ1) is 61.2. The van der Waals surface area contributed by atoms with E-state index in [1.807, 2.05) is 36.4 Å². The van der Waals surface area contributed by atoms with Crippen molar-refractivity contribution in [3.05, 3.63) is 446 Å². The Kier molecular flexibility index (Phi) is 18.5. The minimum Gasteiger partial charge on any atom is -0.228 e. The Balaban J connectivity index is 0.000000111. The van der Waals surface area contributed by atoms with Gasteiger partial charge < -0.3 is 0 Å². The molecule has 24 rings (SSSR count). The minimum atomic E-state index is -0.0948. The van der Waals surface area contributed by atoms with Crippen molar-refractivity contribution in [1.29, 1.82) is 0 Å². The van der Waals surface area contributed by atoms with Crippen LogP contribution in [0.25, 0.3) is 200 Å². The van der Waals surface area contributed by atoms with Crippen LogP contribution in [0.1, 0.15) is 74.9 Å². The standard InChI is InChI=1S/C41H30N2.2C39H28N2/c1-41(2)36-16-10-9-15-33(36)34-24-23-29-19-22-32(25-35(29)39(34)41)40-42-37(30-13-7-4-8-14-30)26-38(43-40)31-20-17-28(18-21-31)27-11-5-3-6-12-27;1-39(2)34-18-9-8-16-31(34)33-22-19-27-23-28(20-21-30(27)37(33)39)38-40-35(26-12-4-3-5-13-26)24-36(41-38)32-17-10-14-25-11-6-7-15-29(25)32;1-39(2)34-18-9-8-15-30(34)33-22-21-29-31(16-10-17-32(29)37(33)39)36-24-35(40-38(41-36)26-12-4-3-5-13-26)28-20-19-25-11-6-7-14-27(25)23-28/h3-26H,1-2H3;2*3-24H,1-2H3. The lowest BCUT2D eigenvalue weighted by atomic mass is 9.79. The summed E-state index contributed by atoms with van der Waals surface area (Å²) in [5.74, 6) is 2.20. The van der Waals surface area contributed by atoms with E-state index in [0.29, 0.717) is 0 Å². The van der Waals surface area contributed by atoms with Crippen molar-refractivity contribution < 1.29 is 0 Å². The highest BCUT2D eigenvalue weighted by atomic mass is 14.9. The lowest BCUT2D eigenvalue weighted by molar-refractivity contribution is 0.666. The molecule has 0 saturated carbocycles. The van der Waals surface area contributed by atoms with E-state index >= 15 is 0 Å². The highest BCUT2D eigenvalue weighted by molar-refractivity contribution is 6.06. The smallest absolute Gasteiger partial charge is 0.160 e. The third-order valence-electron chi connectivity index (χ3n) is 26.2. The van der Waals surface area contributed by atoms with E-state index in [9.17, 15) is 0 Å². The van der Waals surface area contributed by atoms with Crippen molar-refractivity contribution in [3.8, 4) is 146 Å². The molecular formula is C119H86N6. The molecule has 3 heterocycles. The average Bonchev–Trinajstić information content (AvgIpc) is 1.57. The fourth-order valence-electron chi connectivity index (χ4n) is 20.1. The van der Waals surface area contributed by atoms with E-state index in [1.165, 1.54) is 132 Å². The maximum atomic E-state index is 5.18. The van der Waals surface area contributed by atoms with Gasteiger partial charge in [0.1, 0.15) is 0 Å². The maximum Gasteiger partial charge on any atom is 0.160 e. The summed E-state index contributed by atoms with van der Waals surface area (Å²) in [5.41, 5.74) is 33.6. The van der Waals surface area contributed by atoms with Crippen molar-refractivity contribution in [1.82, 2.24) is 29.9 Å². The monoisotopic (exact) mass is 1600 g/mol. The Morgan fingerprint density at radius 1 is 0.152 bits per heavy atom. The third kappa shape index (κ3) is 13.4. The van der Waals surface area contributed by atoms with Gasteiger partial charge in [0.15, 0.2) is 17.5 Å². The van der Waals surface area contributed by atoms with Crippen LogP contribution in [0.5, 0.6) is 0 Å². The number of hydrogen-bond donors (Lipinski definition) is 0. The van der Waals surface area contributed by atoms with Gasteiger partial charge >= 0.3 is 0 Å². The first-order valence-electron chi connectivity index (χ1n) is 43.2. The third-order valence-corrected chi connectivity index (χ3v) is 26.2. The largest absolute Gasteiger partial charge is 0.228 e. The van der Waals surface area contributed by atoms with Gasteiger partial charge in [-0.15, -0.1) is 0 Å². The summed E-state index contributed by atoms with van der Waals surface area (Å²) in [6.07, 6.45) is 0. The average molecular weight is 1600 g/mol. The first-order valence-corrected chi connectivity index (χ1v) is 43.2. The van der Waals surface area contributed by atoms with Crippen LogP contribution in [0.3, 0.4) is 0 Å². The van der Waals surface area contributed by atoms with Crippen LogP contribution in [-0.2, 0) is 16.2 Å². The van der Waals surface area contributed by atoms with Gasteiger partial charge in [-0.1, -0.05) is 418 Å². The molecule has 0 N–H and O–H groups in total. The summed E-state index contributed by atoms with van der Waals surface area (Å²) in [4.78, 5) is 30.8. The molecule has 125 heavy (non-hydrogen) atoms. The molecule has 6 nitrogen and oxygen atoms in total. The molecule has 3 aromatic heterocycles. The van der Waals surface area contributed by atoms with Crippen LogP contribution in [0.2, 0.25) is 0 Å². The maximum absolute atomic E-state index is 5.18. The van der Waals surface area contributed by atoms with Crippen LogP contribution in [-0.4, -0.2) is 29.9 Å². The van der Waals surface area contributed by atoms with Crippen LogP contribution < -0.4 is 0 Å². The predicted octanol–water partition coefficient (Wildman–Crippen LogP) is 30.8. The van der Waals surface area contributed by atoms with E-state index in [4.69, 9.17) is 29.9 Å². The lowest BCUT2D eigenvalue weighted by Crippen LogP contribution is -2.15. The van der Waals surface area contributed by atoms with Crippen molar-refractivity contribution in [3.63, 3.8) is 0 Å². The zero-order valence-electron chi connectivity index (χ0n) is 70.4. The normalized spacial score (nSPS) is 13.2. The molecule has 18 aromatic carbocycles. The molecule has 3 aliphatic carbocycles. The Morgan fingerprint density at radius 2 is 0.464 bits per heavy atom. The van der Waals surface area contributed by atoms with Gasteiger partial charge in [-0.2, -0.15) is 0 Å². The number of benzene rings is 18. The summed E-state index contributed by atoms with van der Waals surface area (Å²) in [6.45, 7) is 14.1. The quantitative estimate of drug-likeness (QED) is 0.136. The first kappa shape index (κ1) is 75.7. The Bertz CT molecular complexity index is 7840. The molecule has 21 aromatic rings. The van der Waals surface area contributed by atoms with E-state index in [0.717, 1.165) is 102 Å². The Hall–Kier alpha value is -15.5. The molecule has 0 atom stereocenters. The Labute approximate surface area is 728 Å². The number of hydrogen-bond acceptors (Lipinski definition) is 6.